The molecule has 1 saturated carbocycles. The molecule has 0 saturated heterocycles. The van der Waals surface area contributed by atoms with Crippen LogP contribution in [0.25, 0.3) is 11.0 Å². The van der Waals surface area contributed by atoms with E-state index in [4.69, 9.17) is 13.6 Å². The van der Waals surface area contributed by atoms with E-state index in [0.29, 0.717) is 27.9 Å². The van der Waals surface area contributed by atoms with Crippen LogP contribution in [0.5, 0.6) is 0 Å². The van der Waals surface area contributed by atoms with Crippen LogP contribution in [-0.4, -0.2) is 34.7 Å². The zero-order chi connectivity index (χ0) is 15.1. The van der Waals surface area contributed by atoms with Crippen molar-refractivity contribution in [3.05, 3.63) is 24.2 Å². The Bertz CT molecular complexity index is 732. The first-order valence-electron chi connectivity index (χ1n) is 6.81. The second kappa shape index (κ2) is 4.91. The quantitative estimate of drug-likeness (QED) is 0.556. The third-order valence-corrected chi connectivity index (χ3v) is 3.96. The molecule has 0 aromatic carbocycles. The second-order valence-electron chi connectivity index (χ2n) is 5.55. The van der Waals surface area contributed by atoms with Crippen LogP contribution in [0, 0.1) is 0 Å². The Morgan fingerprint density at radius 2 is 2.24 bits per heavy atom. The maximum Gasteiger partial charge on any atom is 0.246 e. The third-order valence-electron chi connectivity index (χ3n) is 3.96. The molecule has 0 atom stereocenters. The Hall–Kier alpha value is -2.31. The van der Waals surface area contributed by atoms with Gasteiger partial charge in [-0.25, -0.2) is 9.97 Å². The highest BCUT2D eigenvalue weighted by Crippen LogP contribution is 2.36. The molecule has 0 spiro atoms. The largest absolute Gasteiger partial charge is 0.383 e. The molecule has 21 heavy (non-hydrogen) atoms. The Labute approximate surface area is 123 Å². The van der Waals surface area contributed by atoms with Crippen LogP contribution in [-0.2, 0) is 4.79 Å². The highest BCUT2D eigenvalue weighted by molar-refractivity contribution is 6.40. The van der Waals surface area contributed by atoms with Gasteiger partial charge < -0.3 is 16.0 Å². The molecule has 1 amide bonds. The van der Waals surface area contributed by atoms with Crippen molar-refractivity contribution in [1.82, 2.24) is 20.3 Å². The standard InChI is InChI=1S/C14H16BN5O/c1-6(2)14(21)19-8-3-7(4-8)11-10(15)9-12(16)17-5-18-13(9)20-11/h5,7-8H,1,3-4H2,2H3,(H,19,21)(H3,16,17,18,20). The van der Waals surface area contributed by atoms with Gasteiger partial charge in [-0.2, -0.15) is 0 Å². The summed E-state index contributed by atoms with van der Waals surface area (Å²) in [5.74, 6) is 0.554. The number of aromatic nitrogens is 3. The smallest absolute Gasteiger partial charge is 0.246 e. The number of carbonyl (C=O) groups excluding carboxylic acids is 1. The zero-order valence-corrected chi connectivity index (χ0v) is 11.8. The number of aromatic amines is 1. The summed E-state index contributed by atoms with van der Waals surface area (Å²) >= 11 is 0. The molecule has 3 rings (SSSR count). The van der Waals surface area contributed by atoms with E-state index in [1.54, 1.807) is 6.92 Å². The molecule has 0 bridgehead atoms. The molecule has 4 N–H and O–H groups in total. The summed E-state index contributed by atoms with van der Waals surface area (Å²) in [6.07, 6.45) is 3.08. The highest BCUT2D eigenvalue weighted by atomic mass is 16.1. The zero-order valence-electron chi connectivity index (χ0n) is 11.8. The Morgan fingerprint density at radius 3 is 2.86 bits per heavy atom. The molecular formula is C14H16BN5O. The Morgan fingerprint density at radius 1 is 1.52 bits per heavy atom. The van der Waals surface area contributed by atoms with Gasteiger partial charge in [0.2, 0.25) is 5.91 Å². The minimum absolute atomic E-state index is 0.0989. The number of nitrogen functional groups attached to an aromatic ring is 1. The first-order valence-corrected chi connectivity index (χ1v) is 6.81. The van der Waals surface area contributed by atoms with Gasteiger partial charge in [0.05, 0.1) is 5.39 Å². The molecule has 2 radical (unpaired) electrons. The van der Waals surface area contributed by atoms with Gasteiger partial charge >= 0.3 is 0 Å². The molecular weight excluding hydrogens is 265 g/mol. The van der Waals surface area contributed by atoms with Gasteiger partial charge in [0.25, 0.3) is 0 Å². The van der Waals surface area contributed by atoms with Crippen molar-refractivity contribution >= 4 is 36.1 Å². The average molecular weight is 281 g/mol. The van der Waals surface area contributed by atoms with Crippen LogP contribution < -0.4 is 16.5 Å². The van der Waals surface area contributed by atoms with Crippen molar-refractivity contribution in [1.29, 1.82) is 0 Å². The number of anilines is 1. The number of rotatable bonds is 3. The number of nitrogens with two attached hydrogens (primary N) is 1. The first kappa shape index (κ1) is 13.7. The highest BCUT2D eigenvalue weighted by Gasteiger charge is 2.33. The van der Waals surface area contributed by atoms with Gasteiger partial charge in [0, 0.05) is 23.2 Å². The molecule has 2 aromatic heterocycles. The molecule has 0 unspecified atom stereocenters. The van der Waals surface area contributed by atoms with Crippen LogP contribution in [0.3, 0.4) is 0 Å². The van der Waals surface area contributed by atoms with Crippen LogP contribution in [0.2, 0.25) is 0 Å². The number of hydrogen-bond donors (Lipinski definition) is 3. The summed E-state index contributed by atoms with van der Waals surface area (Å²) in [7, 11) is 6.15. The predicted octanol–water partition coefficient (Wildman–Crippen LogP) is 0.272. The first-order chi connectivity index (χ1) is 9.97. The van der Waals surface area contributed by atoms with Crippen molar-refractivity contribution in [2.45, 2.75) is 31.7 Å². The van der Waals surface area contributed by atoms with Crippen LogP contribution in [0.15, 0.2) is 18.5 Å². The fourth-order valence-electron chi connectivity index (χ4n) is 2.69. The van der Waals surface area contributed by atoms with Gasteiger partial charge in [-0.15, -0.1) is 0 Å². The summed E-state index contributed by atoms with van der Waals surface area (Å²) in [6, 6.07) is 0.161. The van der Waals surface area contributed by atoms with Crippen molar-refractivity contribution in [2.75, 3.05) is 5.73 Å². The summed E-state index contributed by atoms with van der Waals surface area (Å²) in [5, 5.41) is 3.62. The van der Waals surface area contributed by atoms with Crippen molar-refractivity contribution in [2.24, 2.45) is 0 Å². The SMILES string of the molecule is [B]c1c(C2CC(NC(=O)C(=C)C)C2)[nH]c2ncnc(N)c12. The van der Waals surface area contributed by atoms with Gasteiger partial charge in [-0.05, 0) is 19.8 Å². The van der Waals surface area contributed by atoms with Crippen molar-refractivity contribution in [3.8, 4) is 0 Å². The molecule has 106 valence electrons. The number of carbonyl (C=O) groups is 1. The molecule has 1 aliphatic rings. The summed E-state index contributed by atoms with van der Waals surface area (Å²) in [4.78, 5) is 22.9. The minimum Gasteiger partial charge on any atom is -0.383 e. The Kier molecular flexibility index (Phi) is 3.20. The lowest BCUT2D eigenvalue weighted by atomic mass is 9.74. The lowest BCUT2D eigenvalue weighted by Crippen LogP contribution is -2.44. The molecule has 7 heteroatoms. The van der Waals surface area contributed by atoms with Crippen LogP contribution >= 0.6 is 0 Å². The van der Waals surface area contributed by atoms with E-state index in [-0.39, 0.29) is 17.9 Å². The van der Waals surface area contributed by atoms with Crippen LogP contribution in [0.4, 0.5) is 5.82 Å². The molecule has 2 heterocycles. The lowest BCUT2D eigenvalue weighted by Gasteiger charge is -2.36. The number of amides is 1. The summed E-state index contributed by atoms with van der Waals surface area (Å²) in [5.41, 5.74) is 8.55. The van der Waals surface area contributed by atoms with Gasteiger partial charge in [-0.3, -0.25) is 4.79 Å². The van der Waals surface area contributed by atoms with Gasteiger partial charge in [0.1, 0.15) is 25.6 Å². The van der Waals surface area contributed by atoms with E-state index >= 15 is 0 Å². The van der Waals surface area contributed by atoms with E-state index in [2.05, 4.69) is 26.8 Å². The van der Waals surface area contributed by atoms with E-state index in [9.17, 15) is 4.79 Å². The van der Waals surface area contributed by atoms with E-state index in [1.165, 1.54) is 6.33 Å². The number of nitrogens with one attached hydrogen (secondary N) is 2. The fourth-order valence-corrected chi connectivity index (χ4v) is 2.69. The van der Waals surface area contributed by atoms with Crippen molar-refractivity contribution in [3.63, 3.8) is 0 Å². The lowest BCUT2D eigenvalue weighted by molar-refractivity contribution is -0.118. The normalized spacial score (nSPS) is 21.0. The molecule has 1 fully saturated rings. The molecule has 0 aliphatic heterocycles. The maximum atomic E-state index is 11.6. The van der Waals surface area contributed by atoms with Gasteiger partial charge in [0.15, 0.2) is 0 Å². The van der Waals surface area contributed by atoms with E-state index < -0.39 is 0 Å². The molecule has 2 aromatic rings. The molecule has 1 aliphatic carbocycles. The maximum absolute atomic E-state index is 11.6. The van der Waals surface area contributed by atoms with Gasteiger partial charge in [-0.1, -0.05) is 12.0 Å². The number of H-pyrrole nitrogens is 1. The second-order valence-corrected chi connectivity index (χ2v) is 5.55. The van der Waals surface area contributed by atoms with E-state index in [1.807, 2.05) is 0 Å². The van der Waals surface area contributed by atoms with Crippen LogP contribution in [0.1, 0.15) is 31.4 Å². The fraction of sp³-hybridized carbons (Fsp3) is 0.357. The number of fused-ring (bicyclic) bond motifs is 1. The van der Waals surface area contributed by atoms with E-state index in [0.717, 1.165) is 18.5 Å². The average Bonchev–Trinajstić information content (AvgIpc) is 2.71. The third kappa shape index (κ3) is 2.28. The number of hydrogen-bond acceptors (Lipinski definition) is 4. The number of nitrogens with zero attached hydrogens (tertiary/aromatic N) is 2. The summed E-state index contributed by atoms with van der Waals surface area (Å²) in [6.45, 7) is 5.33. The molecule has 6 nitrogen and oxygen atoms in total. The Balaban J connectivity index is 1.76. The summed E-state index contributed by atoms with van der Waals surface area (Å²) < 4.78 is 0. The monoisotopic (exact) mass is 281 g/mol. The van der Waals surface area contributed by atoms with Crippen molar-refractivity contribution < 1.29 is 4.79 Å². The predicted molar refractivity (Wildman–Crippen MR) is 82.4 cm³/mol. The topological polar surface area (TPSA) is 96.7 Å². The minimum atomic E-state index is -0.0989.